The van der Waals surface area contributed by atoms with E-state index in [2.05, 4.69) is 5.16 Å². The van der Waals surface area contributed by atoms with E-state index in [-0.39, 0.29) is 17.7 Å². The molecule has 3 rings (SSSR count). The lowest BCUT2D eigenvalue weighted by Crippen LogP contribution is -2.49. The third-order valence-electron chi connectivity index (χ3n) is 5.52. The van der Waals surface area contributed by atoms with Crippen LogP contribution in [0.3, 0.4) is 0 Å². The second-order valence-electron chi connectivity index (χ2n) is 7.36. The van der Waals surface area contributed by atoms with Crippen molar-refractivity contribution >= 4 is 29.1 Å². The highest BCUT2D eigenvalue weighted by atomic mass is 35.5. The average molecular weight is 406 g/mol. The number of hydrogen-bond donors (Lipinski definition) is 0. The Morgan fingerprint density at radius 1 is 1.29 bits per heavy atom. The zero-order valence-corrected chi connectivity index (χ0v) is 17.3. The summed E-state index contributed by atoms with van der Waals surface area (Å²) in [5.41, 5.74) is 1.79. The van der Waals surface area contributed by atoms with E-state index in [0.717, 1.165) is 24.1 Å². The molecule has 0 N–H and O–H groups in total. The number of halogens is 1. The number of oxime groups is 1. The van der Waals surface area contributed by atoms with Crippen LogP contribution in [0.5, 0.6) is 0 Å². The standard InChI is InChI=1S/C21H28ClN3O3/c1-3-24(4-2)20(26)16-9-7-11-25(14-16)21(27)19-13-17(23-28-19)12-15-8-5-6-10-18(15)22/h5-6,8,10,16,19H,3-4,7,9,11-14H2,1-2H3/t16-,19+/m1/s1. The van der Waals surface area contributed by atoms with E-state index in [9.17, 15) is 9.59 Å². The number of carbonyl (C=O) groups excluding carboxylic acids is 2. The number of rotatable bonds is 6. The van der Waals surface area contributed by atoms with Gasteiger partial charge in [-0.1, -0.05) is 35.0 Å². The normalized spacial score (nSPS) is 21.8. The van der Waals surface area contributed by atoms with Crippen LogP contribution in [0.15, 0.2) is 29.4 Å². The summed E-state index contributed by atoms with van der Waals surface area (Å²) in [6.07, 6.45) is 2.11. The summed E-state index contributed by atoms with van der Waals surface area (Å²) in [5.74, 6) is -0.0528. The molecule has 0 bridgehead atoms. The van der Waals surface area contributed by atoms with Crippen molar-refractivity contribution in [2.75, 3.05) is 26.2 Å². The lowest BCUT2D eigenvalue weighted by atomic mass is 9.95. The van der Waals surface area contributed by atoms with Crippen LogP contribution in [0.25, 0.3) is 0 Å². The predicted octanol–water partition coefficient (Wildman–Crippen LogP) is 3.13. The van der Waals surface area contributed by atoms with E-state index < -0.39 is 6.10 Å². The summed E-state index contributed by atoms with van der Waals surface area (Å²) in [5, 5.41) is 4.80. The van der Waals surface area contributed by atoms with Gasteiger partial charge in [-0.3, -0.25) is 9.59 Å². The topological polar surface area (TPSA) is 62.2 Å². The van der Waals surface area contributed by atoms with Crippen molar-refractivity contribution in [3.63, 3.8) is 0 Å². The van der Waals surface area contributed by atoms with Crippen molar-refractivity contribution in [3.8, 4) is 0 Å². The molecule has 7 heteroatoms. The second-order valence-corrected chi connectivity index (χ2v) is 7.77. The summed E-state index contributed by atoms with van der Waals surface area (Å²) in [6, 6.07) is 7.61. The molecule has 0 radical (unpaired) electrons. The van der Waals surface area contributed by atoms with E-state index in [1.54, 1.807) is 4.90 Å². The Morgan fingerprint density at radius 2 is 2.04 bits per heavy atom. The average Bonchev–Trinajstić information content (AvgIpc) is 3.18. The number of nitrogens with zero attached hydrogens (tertiary/aromatic N) is 3. The van der Waals surface area contributed by atoms with E-state index >= 15 is 0 Å². The lowest BCUT2D eigenvalue weighted by molar-refractivity contribution is -0.147. The van der Waals surface area contributed by atoms with Crippen LogP contribution < -0.4 is 0 Å². The smallest absolute Gasteiger partial charge is 0.266 e. The molecule has 1 fully saturated rings. The van der Waals surface area contributed by atoms with Gasteiger partial charge >= 0.3 is 0 Å². The largest absolute Gasteiger partial charge is 0.382 e. The maximum Gasteiger partial charge on any atom is 0.266 e. The zero-order valence-electron chi connectivity index (χ0n) is 16.6. The van der Waals surface area contributed by atoms with Crippen molar-refractivity contribution in [2.24, 2.45) is 11.1 Å². The number of amides is 2. The van der Waals surface area contributed by atoms with Gasteiger partial charge in [-0.05, 0) is 38.3 Å². The van der Waals surface area contributed by atoms with Gasteiger partial charge in [0.25, 0.3) is 5.91 Å². The minimum Gasteiger partial charge on any atom is -0.382 e. The second kappa shape index (κ2) is 9.41. The third kappa shape index (κ3) is 4.66. The molecule has 1 aromatic rings. The van der Waals surface area contributed by atoms with Crippen molar-refractivity contribution in [3.05, 3.63) is 34.9 Å². The van der Waals surface area contributed by atoms with Crippen LogP contribution in [0.4, 0.5) is 0 Å². The van der Waals surface area contributed by atoms with Gasteiger partial charge in [-0.15, -0.1) is 0 Å². The van der Waals surface area contributed by atoms with Crippen LogP contribution in [0.1, 0.15) is 38.7 Å². The van der Waals surface area contributed by atoms with Gasteiger partial charge in [-0.2, -0.15) is 0 Å². The van der Waals surface area contributed by atoms with Crippen molar-refractivity contribution in [1.29, 1.82) is 0 Å². The maximum absolute atomic E-state index is 12.9. The first kappa shape index (κ1) is 20.6. The van der Waals surface area contributed by atoms with Gasteiger partial charge < -0.3 is 14.6 Å². The van der Waals surface area contributed by atoms with Crippen LogP contribution >= 0.6 is 11.6 Å². The SMILES string of the molecule is CCN(CC)C(=O)[C@@H]1CCCN(C(=O)[C@@H]2CC(Cc3ccccc3Cl)=NO2)C1. The molecule has 2 heterocycles. The third-order valence-corrected chi connectivity index (χ3v) is 5.88. The predicted molar refractivity (Wildman–Crippen MR) is 109 cm³/mol. The highest BCUT2D eigenvalue weighted by Gasteiger charge is 2.36. The number of likely N-dealkylation sites (tertiary alicyclic amines) is 1. The van der Waals surface area contributed by atoms with Crippen LogP contribution in [0, 0.1) is 5.92 Å². The van der Waals surface area contributed by atoms with Crippen LogP contribution in [-0.2, 0) is 20.8 Å². The first-order valence-corrected chi connectivity index (χ1v) is 10.4. The number of carbonyl (C=O) groups is 2. The summed E-state index contributed by atoms with van der Waals surface area (Å²) < 4.78 is 0. The summed E-state index contributed by atoms with van der Waals surface area (Å²) in [7, 11) is 0. The first-order chi connectivity index (χ1) is 13.5. The molecule has 2 aliphatic heterocycles. The van der Waals surface area contributed by atoms with E-state index in [4.69, 9.17) is 16.4 Å². The number of piperidine rings is 1. The van der Waals surface area contributed by atoms with Gasteiger partial charge in [0.05, 0.1) is 11.6 Å². The Balaban J connectivity index is 1.56. The van der Waals surface area contributed by atoms with E-state index in [0.29, 0.717) is 44.0 Å². The molecule has 1 aromatic carbocycles. The Labute approximate surface area is 171 Å². The van der Waals surface area contributed by atoms with Gasteiger partial charge in [0.2, 0.25) is 12.0 Å². The molecule has 0 aromatic heterocycles. The van der Waals surface area contributed by atoms with Crippen molar-refractivity contribution < 1.29 is 14.4 Å². The minimum absolute atomic E-state index is 0.0741. The molecule has 0 saturated carbocycles. The summed E-state index contributed by atoms with van der Waals surface area (Å²) >= 11 is 6.21. The molecular formula is C21H28ClN3O3. The fourth-order valence-corrected chi connectivity index (χ4v) is 4.10. The van der Waals surface area contributed by atoms with Crippen LogP contribution in [0.2, 0.25) is 5.02 Å². The fourth-order valence-electron chi connectivity index (χ4n) is 3.90. The molecule has 0 unspecified atom stereocenters. The molecule has 2 aliphatic rings. The molecule has 2 amide bonds. The maximum atomic E-state index is 12.9. The molecule has 1 saturated heterocycles. The minimum atomic E-state index is -0.597. The summed E-state index contributed by atoms with van der Waals surface area (Å²) in [4.78, 5) is 34.6. The monoisotopic (exact) mass is 405 g/mol. The van der Waals surface area contributed by atoms with Crippen molar-refractivity contribution in [2.45, 2.75) is 45.6 Å². The zero-order chi connectivity index (χ0) is 20.1. The number of hydrogen-bond acceptors (Lipinski definition) is 4. The van der Waals surface area contributed by atoms with Gasteiger partial charge in [-0.25, -0.2) is 0 Å². The first-order valence-electron chi connectivity index (χ1n) is 10.1. The summed E-state index contributed by atoms with van der Waals surface area (Å²) in [6.45, 7) is 6.50. The Bertz CT molecular complexity index is 748. The van der Waals surface area contributed by atoms with Crippen molar-refractivity contribution in [1.82, 2.24) is 9.80 Å². The molecule has 28 heavy (non-hydrogen) atoms. The number of benzene rings is 1. The van der Waals surface area contributed by atoms with Crippen LogP contribution in [-0.4, -0.2) is 59.6 Å². The van der Waals surface area contributed by atoms with Gasteiger partial charge in [0, 0.05) is 44.0 Å². The molecule has 2 atom stereocenters. The highest BCUT2D eigenvalue weighted by molar-refractivity contribution is 6.31. The molecule has 0 spiro atoms. The molecule has 0 aliphatic carbocycles. The highest BCUT2D eigenvalue weighted by Crippen LogP contribution is 2.24. The Kier molecular flexibility index (Phi) is 6.94. The van der Waals surface area contributed by atoms with Gasteiger partial charge in [0.1, 0.15) is 0 Å². The lowest BCUT2D eigenvalue weighted by Gasteiger charge is -2.35. The van der Waals surface area contributed by atoms with E-state index in [1.165, 1.54) is 0 Å². The molecular weight excluding hydrogens is 378 g/mol. The van der Waals surface area contributed by atoms with Gasteiger partial charge in [0.15, 0.2) is 0 Å². The van der Waals surface area contributed by atoms with E-state index in [1.807, 2.05) is 43.0 Å². The fraction of sp³-hybridized carbons (Fsp3) is 0.571. The Hall–Kier alpha value is -2.08. The Morgan fingerprint density at radius 3 is 2.75 bits per heavy atom. The quantitative estimate of drug-likeness (QED) is 0.730. The molecule has 152 valence electrons. The molecule has 6 nitrogen and oxygen atoms in total.